The van der Waals surface area contributed by atoms with Gasteiger partial charge >= 0.3 is 5.97 Å². The molecule has 1 heterocycles. The van der Waals surface area contributed by atoms with Gasteiger partial charge in [0.05, 0.1) is 5.92 Å². The zero-order chi connectivity index (χ0) is 15.2. The van der Waals surface area contributed by atoms with Crippen molar-refractivity contribution >= 4 is 5.97 Å². The Morgan fingerprint density at radius 1 is 1.10 bits per heavy atom. The molecule has 0 amide bonds. The maximum Gasteiger partial charge on any atom is 0.309 e. The standard InChI is InChI=1S/C16H30O4/c1-6-8-10-12(16(3,4)5)14(17)18-13(11-9-7-2)15-19-20-15/h12-13,15H,6-11H2,1-5H3. The van der Waals surface area contributed by atoms with Crippen LogP contribution in [0.3, 0.4) is 0 Å². The zero-order valence-electron chi connectivity index (χ0n) is 13.6. The Labute approximate surface area is 123 Å². The van der Waals surface area contributed by atoms with Crippen LogP contribution in [0.15, 0.2) is 0 Å². The third-order valence-corrected chi connectivity index (χ3v) is 3.80. The zero-order valence-corrected chi connectivity index (χ0v) is 13.6. The molecule has 0 aromatic rings. The van der Waals surface area contributed by atoms with Gasteiger partial charge in [-0.1, -0.05) is 53.9 Å². The summed E-state index contributed by atoms with van der Waals surface area (Å²) in [5, 5.41) is 0. The summed E-state index contributed by atoms with van der Waals surface area (Å²) in [5.41, 5.74) is -0.0766. The van der Waals surface area contributed by atoms with Gasteiger partial charge in [0.1, 0.15) is 0 Å². The molecule has 0 N–H and O–H groups in total. The highest BCUT2D eigenvalue weighted by atomic mass is 17.4. The number of carbonyl (C=O) groups is 1. The van der Waals surface area contributed by atoms with E-state index in [1.807, 2.05) is 0 Å². The number of hydrogen-bond donors (Lipinski definition) is 0. The van der Waals surface area contributed by atoms with Crippen LogP contribution in [0.4, 0.5) is 0 Å². The molecular formula is C16H30O4. The van der Waals surface area contributed by atoms with Crippen molar-refractivity contribution in [2.75, 3.05) is 0 Å². The van der Waals surface area contributed by atoms with Crippen molar-refractivity contribution in [1.82, 2.24) is 0 Å². The lowest BCUT2D eigenvalue weighted by atomic mass is 9.78. The number of hydrogen-bond acceptors (Lipinski definition) is 4. The second-order valence-electron chi connectivity index (χ2n) is 6.74. The van der Waals surface area contributed by atoms with Gasteiger partial charge in [0.25, 0.3) is 6.29 Å². The molecule has 0 spiro atoms. The molecular weight excluding hydrogens is 256 g/mol. The molecule has 0 bridgehead atoms. The van der Waals surface area contributed by atoms with Crippen LogP contribution in [0.1, 0.15) is 73.1 Å². The predicted molar refractivity (Wildman–Crippen MR) is 77.8 cm³/mol. The van der Waals surface area contributed by atoms with Gasteiger partial charge in [0.2, 0.25) is 0 Å². The van der Waals surface area contributed by atoms with Crippen molar-refractivity contribution in [3.8, 4) is 0 Å². The highest BCUT2D eigenvalue weighted by Crippen LogP contribution is 2.33. The van der Waals surface area contributed by atoms with Crippen molar-refractivity contribution in [3.63, 3.8) is 0 Å². The van der Waals surface area contributed by atoms with Gasteiger partial charge in [-0.3, -0.25) is 4.79 Å². The van der Waals surface area contributed by atoms with Crippen LogP contribution in [-0.2, 0) is 19.3 Å². The summed E-state index contributed by atoms with van der Waals surface area (Å²) in [6, 6.07) is 0. The summed E-state index contributed by atoms with van der Waals surface area (Å²) in [6.07, 6.45) is 5.30. The fourth-order valence-corrected chi connectivity index (χ4v) is 2.36. The molecule has 1 rings (SSSR count). The normalized spacial score (nSPS) is 18.6. The molecule has 0 saturated carbocycles. The molecule has 2 atom stereocenters. The Morgan fingerprint density at radius 2 is 1.65 bits per heavy atom. The summed E-state index contributed by atoms with van der Waals surface area (Å²) in [6.45, 7) is 10.5. The summed E-state index contributed by atoms with van der Waals surface area (Å²) < 4.78 is 5.67. The van der Waals surface area contributed by atoms with E-state index in [0.717, 1.165) is 38.5 Å². The molecule has 4 heteroatoms. The third-order valence-electron chi connectivity index (χ3n) is 3.80. The minimum Gasteiger partial charge on any atom is -0.456 e. The van der Waals surface area contributed by atoms with Crippen molar-refractivity contribution in [1.29, 1.82) is 0 Å². The van der Waals surface area contributed by atoms with Crippen molar-refractivity contribution in [3.05, 3.63) is 0 Å². The van der Waals surface area contributed by atoms with Gasteiger partial charge in [0.15, 0.2) is 6.10 Å². The van der Waals surface area contributed by atoms with Crippen LogP contribution in [0.2, 0.25) is 0 Å². The molecule has 0 aromatic heterocycles. The van der Waals surface area contributed by atoms with Gasteiger partial charge in [0, 0.05) is 0 Å². The molecule has 20 heavy (non-hydrogen) atoms. The van der Waals surface area contributed by atoms with E-state index in [1.165, 1.54) is 0 Å². The number of ether oxygens (including phenoxy) is 1. The topological polar surface area (TPSA) is 51.4 Å². The van der Waals surface area contributed by atoms with E-state index in [0.29, 0.717) is 0 Å². The SMILES string of the molecule is CCCCC(OC(=O)C(CCCC)C(C)(C)C)C1OO1. The van der Waals surface area contributed by atoms with Gasteiger partial charge in [-0.15, -0.1) is 0 Å². The largest absolute Gasteiger partial charge is 0.456 e. The van der Waals surface area contributed by atoms with Crippen LogP contribution >= 0.6 is 0 Å². The number of unbranched alkanes of at least 4 members (excludes halogenated alkanes) is 2. The minimum absolute atomic E-state index is 0.0645. The first-order valence-electron chi connectivity index (χ1n) is 7.92. The maximum atomic E-state index is 12.5. The molecule has 0 radical (unpaired) electrons. The molecule has 1 aliphatic heterocycles. The summed E-state index contributed by atoms with van der Waals surface area (Å²) in [7, 11) is 0. The van der Waals surface area contributed by atoms with Crippen LogP contribution in [0.5, 0.6) is 0 Å². The quantitative estimate of drug-likeness (QED) is 0.361. The summed E-state index contributed by atoms with van der Waals surface area (Å²) >= 11 is 0. The van der Waals surface area contributed by atoms with Crippen molar-refractivity contribution in [2.45, 2.75) is 85.5 Å². The average Bonchev–Trinajstić information content (AvgIpc) is 3.17. The van der Waals surface area contributed by atoms with Crippen LogP contribution < -0.4 is 0 Å². The Kier molecular flexibility index (Phi) is 6.96. The fraction of sp³-hybridized carbons (Fsp3) is 0.938. The van der Waals surface area contributed by atoms with E-state index in [1.54, 1.807) is 0 Å². The Hall–Kier alpha value is -0.610. The Morgan fingerprint density at radius 3 is 2.10 bits per heavy atom. The first-order valence-corrected chi connectivity index (χ1v) is 7.92. The van der Waals surface area contributed by atoms with E-state index in [2.05, 4.69) is 34.6 Å². The molecule has 4 nitrogen and oxygen atoms in total. The molecule has 0 aromatic carbocycles. The minimum atomic E-state index is -0.350. The van der Waals surface area contributed by atoms with Crippen LogP contribution in [0, 0.1) is 11.3 Å². The molecule has 1 aliphatic rings. The van der Waals surface area contributed by atoms with Crippen LogP contribution in [-0.4, -0.2) is 18.4 Å². The number of esters is 1. The molecule has 118 valence electrons. The molecule has 0 aliphatic carbocycles. The second kappa shape index (κ2) is 7.99. The summed E-state index contributed by atoms with van der Waals surface area (Å²) in [5.74, 6) is -0.170. The van der Waals surface area contributed by atoms with Crippen LogP contribution in [0.25, 0.3) is 0 Å². The first-order chi connectivity index (χ1) is 9.40. The van der Waals surface area contributed by atoms with Crippen molar-refractivity contribution < 1.29 is 19.3 Å². The van der Waals surface area contributed by atoms with E-state index in [-0.39, 0.29) is 29.7 Å². The lowest BCUT2D eigenvalue weighted by molar-refractivity contribution is -0.160. The molecule has 1 saturated heterocycles. The smallest absolute Gasteiger partial charge is 0.309 e. The highest BCUT2D eigenvalue weighted by molar-refractivity contribution is 5.73. The lowest BCUT2D eigenvalue weighted by Crippen LogP contribution is -2.34. The van der Waals surface area contributed by atoms with Crippen molar-refractivity contribution in [2.24, 2.45) is 11.3 Å². The first kappa shape index (κ1) is 17.4. The average molecular weight is 286 g/mol. The lowest BCUT2D eigenvalue weighted by Gasteiger charge is -2.30. The van der Waals surface area contributed by atoms with E-state index in [9.17, 15) is 4.79 Å². The van der Waals surface area contributed by atoms with Gasteiger partial charge in [-0.25, -0.2) is 0 Å². The second-order valence-corrected chi connectivity index (χ2v) is 6.74. The number of carbonyl (C=O) groups excluding carboxylic acids is 1. The van der Waals surface area contributed by atoms with E-state index in [4.69, 9.17) is 14.5 Å². The van der Waals surface area contributed by atoms with Gasteiger partial charge in [-0.05, 0) is 24.7 Å². The predicted octanol–water partition coefficient (Wildman–Crippen LogP) is 4.23. The van der Waals surface area contributed by atoms with E-state index >= 15 is 0 Å². The van der Waals surface area contributed by atoms with Gasteiger partial charge < -0.3 is 4.74 Å². The van der Waals surface area contributed by atoms with E-state index < -0.39 is 0 Å². The summed E-state index contributed by atoms with van der Waals surface area (Å²) in [4.78, 5) is 22.1. The maximum absolute atomic E-state index is 12.5. The molecule has 1 fully saturated rings. The molecule has 2 unspecified atom stereocenters. The monoisotopic (exact) mass is 286 g/mol. The highest BCUT2D eigenvalue weighted by Gasteiger charge is 2.41. The number of rotatable bonds is 9. The fourth-order valence-electron chi connectivity index (χ4n) is 2.36. The Balaban J connectivity index is 2.58. The Bertz CT molecular complexity index is 291. The third kappa shape index (κ3) is 5.80. The van der Waals surface area contributed by atoms with Gasteiger partial charge in [-0.2, -0.15) is 9.78 Å².